The molecule has 0 amide bonds. The van der Waals surface area contributed by atoms with Crippen LogP contribution in [0.2, 0.25) is 0 Å². The standard InChI is InChI=1S/C10H23N3S.HI/c1-4-13(5-2)10(11)12-8-6-7-9-14-3;/h4-9H2,1-3H3,(H2,11,12);1H. The first kappa shape index (κ1) is 17.7. The molecule has 0 heterocycles. The number of unbranched alkanes of at least 4 members (excludes halogenated alkanes) is 1. The van der Waals surface area contributed by atoms with Crippen LogP contribution in [0.25, 0.3) is 0 Å². The predicted molar refractivity (Wildman–Crippen MR) is 82.4 cm³/mol. The van der Waals surface area contributed by atoms with Crippen LogP contribution in [0, 0.1) is 0 Å². The number of aliphatic imine (C=N–C) groups is 1. The van der Waals surface area contributed by atoms with Crippen molar-refractivity contribution >= 4 is 41.7 Å². The molecule has 0 fully saturated rings. The molecule has 0 aromatic carbocycles. The van der Waals surface area contributed by atoms with Crippen molar-refractivity contribution in [1.29, 1.82) is 0 Å². The van der Waals surface area contributed by atoms with E-state index < -0.39 is 0 Å². The van der Waals surface area contributed by atoms with Gasteiger partial charge in [0, 0.05) is 19.6 Å². The van der Waals surface area contributed by atoms with Crippen LogP contribution in [0.5, 0.6) is 0 Å². The highest BCUT2D eigenvalue weighted by atomic mass is 127. The van der Waals surface area contributed by atoms with Gasteiger partial charge in [0.05, 0.1) is 0 Å². The van der Waals surface area contributed by atoms with Crippen LogP contribution in [0.1, 0.15) is 26.7 Å². The van der Waals surface area contributed by atoms with Gasteiger partial charge in [0.15, 0.2) is 5.96 Å². The van der Waals surface area contributed by atoms with Crippen molar-refractivity contribution < 1.29 is 0 Å². The quantitative estimate of drug-likeness (QED) is 0.333. The summed E-state index contributed by atoms with van der Waals surface area (Å²) >= 11 is 1.89. The first-order valence-corrected chi connectivity index (χ1v) is 6.69. The third kappa shape index (κ3) is 9.29. The Morgan fingerprint density at radius 3 is 2.33 bits per heavy atom. The number of hydrogen-bond acceptors (Lipinski definition) is 2. The molecule has 3 nitrogen and oxygen atoms in total. The third-order valence-electron chi connectivity index (χ3n) is 2.12. The Bertz CT molecular complexity index is 161. The number of halogens is 1. The van der Waals surface area contributed by atoms with E-state index in [0.717, 1.165) is 26.1 Å². The van der Waals surface area contributed by atoms with Crippen molar-refractivity contribution in [1.82, 2.24) is 4.90 Å². The fourth-order valence-corrected chi connectivity index (χ4v) is 1.69. The molecule has 0 aliphatic rings. The normalized spacial score (nSPS) is 11.0. The maximum absolute atomic E-state index is 5.82. The van der Waals surface area contributed by atoms with Gasteiger partial charge in [-0.1, -0.05) is 0 Å². The van der Waals surface area contributed by atoms with Crippen molar-refractivity contribution in [2.45, 2.75) is 26.7 Å². The predicted octanol–water partition coefficient (Wildman–Crippen LogP) is 2.40. The van der Waals surface area contributed by atoms with E-state index in [1.165, 1.54) is 12.2 Å². The molecule has 0 saturated heterocycles. The largest absolute Gasteiger partial charge is 0.370 e. The molecule has 0 saturated carbocycles. The van der Waals surface area contributed by atoms with Crippen molar-refractivity contribution in [3.8, 4) is 0 Å². The van der Waals surface area contributed by atoms with E-state index in [1.54, 1.807) is 0 Å². The smallest absolute Gasteiger partial charge is 0.191 e. The maximum Gasteiger partial charge on any atom is 0.191 e. The summed E-state index contributed by atoms with van der Waals surface area (Å²) in [5, 5.41) is 0. The van der Waals surface area contributed by atoms with Gasteiger partial charge in [0.25, 0.3) is 0 Å². The number of thioether (sulfide) groups is 1. The Balaban J connectivity index is 0. The molecule has 0 aromatic rings. The van der Waals surface area contributed by atoms with Gasteiger partial charge in [-0.25, -0.2) is 0 Å². The van der Waals surface area contributed by atoms with Crippen LogP contribution in [-0.2, 0) is 0 Å². The summed E-state index contributed by atoms with van der Waals surface area (Å²) in [5.41, 5.74) is 5.82. The molecule has 5 heteroatoms. The average molecular weight is 345 g/mol. The van der Waals surface area contributed by atoms with Crippen LogP contribution in [0.3, 0.4) is 0 Å². The van der Waals surface area contributed by atoms with Gasteiger partial charge in [0.2, 0.25) is 0 Å². The van der Waals surface area contributed by atoms with Crippen LogP contribution in [0.4, 0.5) is 0 Å². The van der Waals surface area contributed by atoms with E-state index in [9.17, 15) is 0 Å². The van der Waals surface area contributed by atoms with Gasteiger partial charge < -0.3 is 10.6 Å². The molecule has 0 rings (SSSR count). The number of nitrogens with zero attached hydrogens (tertiary/aromatic N) is 2. The van der Waals surface area contributed by atoms with Gasteiger partial charge >= 0.3 is 0 Å². The number of guanidine groups is 1. The molecule has 0 radical (unpaired) electrons. The summed E-state index contributed by atoms with van der Waals surface area (Å²) in [5.74, 6) is 1.92. The monoisotopic (exact) mass is 345 g/mol. The lowest BCUT2D eigenvalue weighted by Crippen LogP contribution is -2.37. The second-order valence-corrected chi connectivity index (χ2v) is 4.10. The molecule has 0 aliphatic heterocycles. The lowest BCUT2D eigenvalue weighted by atomic mass is 10.3. The molecule has 0 spiro atoms. The second-order valence-electron chi connectivity index (χ2n) is 3.11. The van der Waals surface area contributed by atoms with Gasteiger partial charge in [-0.3, -0.25) is 4.99 Å². The zero-order valence-electron chi connectivity index (χ0n) is 10.0. The summed E-state index contributed by atoms with van der Waals surface area (Å²) in [6, 6.07) is 0. The zero-order chi connectivity index (χ0) is 10.8. The van der Waals surface area contributed by atoms with E-state index in [-0.39, 0.29) is 24.0 Å². The average Bonchev–Trinajstić information content (AvgIpc) is 2.19. The second kappa shape index (κ2) is 12.4. The minimum Gasteiger partial charge on any atom is -0.370 e. The summed E-state index contributed by atoms with van der Waals surface area (Å²) in [4.78, 5) is 6.43. The van der Waals surface area contributed by atoms with Gasteiger partial charge in [-0.15, -0.1) is 24.0 Å². The van der Waals surface area contributed by atoms with Gasteiger partial charge in [-0.2, -0.15) is 11.8 Å². The summed E-state index contributed by atoms with van der Waals surface area (Å²) < 4.78 is 0. The molecule has 0 atom stereocenters. The molecule has 0 bridgehead atoms. The van der Waals surface area contributed by atoms with E-state index in [1.807, 2.05) is 11.8 Å². The van der Waals surface area contributed by atoms with Crippen molar-refractivity contribution in [3.05, 3.63) is 0 Å². The first-order chi connectivity index (χ1) is 6.76. The van der Waals surface area contributed by atoms with Crippen LogP contribution >= 0.6 is 35.7 Å². The number of nitrogens with two attached hydrogens (primary N) is 1. The highest BCUT2D eigenvalue weighted by Gasteiger charge is 2.00. The highest BCUT2D eigenvalue weighted by Crippen LogP contribution is 1.99. The molecular weight excluding hydrogens is 321 g/mol. The summed E-state index contributed by atoms with van der Waals surface area (Å²) in [6.07, 6.45) is 4.51. The first-order valence-electron chi connectivity index (χ1n) is 5.30. The van der Waals surface area contributed by atoms with Crippen molar-refractivity contribution in [2.24, 2.45) is 10.7 Å². The molecule has 15 heavy (non-hydrogen) atoms. The van der Waals surface area contributed by atoms with Gasteiger partial charge in [-0.05, 0) is 38.7 Å². The molecule has 0 aliphatic carbocycles. The topological polar surface area (TPSA) is 41.6 Å². The number of hydrogen-bond donors (Lipinski definition) is 1. The molecule has 0 aromatic heterocycles. The minimum absolute atomic E-state index is 0. The maximum atomic E-state index is 5.82. The SMILES string of the molecule is CCN(CC)C(N)=NCCCCSC.I. The molecular formula is C10H24IN3S. The fourth-order valence-electron chi connectivity index (χ4n) is 1.20. The summed E-state index contributed by atoms with van der Waals surface area (Å²) in [6.45, 7) is 6.94. The van der Waals surface area contributed by atoms with Crippen molar-refractivity contribution in [3.63, 3.8) is 0 Å². The fraction of sp³-hybridized carbons (Fsp3) is 0.900. The van der Waals surface area contributed by atoms with Crippen LogP contribution < -0.4 is 5.73 Å². The van der Waals surface area contributed by atoms with Crippen LogP contribution in [0.15, 0.2) is 4.99 Å². The highest BCUT2D eigenvalue weighted by molar-refractivity contribution is 14.0. The van der Waals surface area contributed by atoms with E-state index in [4.69, 9.17) is 5.73 Å². The van der Waals surface area contributed by atoms with Gasteiger partial charge in [0.1, 0.15) is 0 Å². The zero-order valence-corrected chi connectivity index (χ0v) is 13.2. The molecule has 2 N–H and O–H groups in total. The Morgan fingerprint density at radius 1 is 1.27 bits per heavy atom. The Labute approximate surface area is 115 Å². The van der Waals surface area contributed by atoms with E-state index >= 15 is 0 Å². The lowest BCUT2D eigenvalue weighted by Gasteiger charge is -2.19. The number of rotatable bonds is 7. The molecule has 92 valence electrons. The Kier molecular flexibility index (Phi) is 14.7. The third-order valence-corrected chi connectivity index (χ3v) is 2.81. The van der Waals surface area contributed by atoms with Crippen molar-refractivity contribution in [2.75, 3.05) is 31.6 Å². The summed E-state index contributed by atoms with van der Waals surface area (Å²) in [7, 11) is 0. The molecule has 0 unspecified atom stereocenters. The van der Waals surface area contributed by atoms with Crippen LogP contribution in [-0.4, -0.2) is 42.5 Å². The van der Waals surface area contributed by atoms with E-state index in [0.29, 0.717) is 5.96 Å². The Morgan fingerprint density at radius 2 is 1.87 bits per heavy atom. The minimum atomic E-state index is 0. The Hall–Kier alpha value is 0.350. The lowest BCUT2D eigenvalue weighted by molar-refractivity contribution is 0.458. The van der Waals surface area contributed by atoms with E-state index in [2.05, 4.69) is 30.0 Å².